The number of hydrogen-bond donors (Lipinski definition) is 1. The Morgan fingerprint density at radius 2 is 1.73 bits per heavy atom. The Balaban J connectivity index is 1.78. The lowest BCUT2D eigenvalue weighted by Gasteiger charge is -2.24. The highest BCUT2D eigenvalue weighted by Gasteiger charge is 2.30. The molecule has 0 spiro atoms. The third kappa shape index (κ3) is 4.64. The second-order valence-electron chi connectivity index (χ2n) is 6.80. The quantitative estimate of drug-likeness (QED) is 0.878. The van der Waals surface area contributed by atoms with E-state index in [1.807, 2.05) is 24.3 Å². The largest absolute Gasteiger partial charge is 0.481 e. The van der Waals surface area contributed by atoms with Crippen LogP contribution in [0.2, 0.25) is 0 Å². The predicted molar refractivity (Wildman–Crippen MR) is 91.4 cm³/mol. The van der Waals surface area contributed by atoms with E-state index in [9.17, 15) is 18.0 Å². The number of hydrogen-bond acceptors (Lipinski definition) is 2. The average molecular weight is 363 g/mol. The van der Waals surface area contributed by atoms with Gasteiger partial charge in [0.25, 0.3) is 0 Å². The molecule has 3 nitrogen and oxygen atoms in total. The van der Waals surface area contributed by atoms with Gasteiger partial charge in [0.2, 0.25) is 0 Å². The Labute approximate surface area is 150 Å². The molecule has 138 valence electrons. The molecule has 0 bridgehead atoms. The maximum absolute atomic E-state index is 12.7. The molecular weight excluding hydrogens is 343 g/mol. The Bertz CT molecular complexity index is 771. The van der Waals surface area contributed by atoms with Crippen molar-refractivity contribution in [1.82, 2.24) is 4.90 Å². The number of nitrogens with zero attached hydrogens (tertiary/aromatic N) is 1. The van der Waals surface area contributed by atoms with Gasteiger partial charge >= 0.3 is 12.1 Å². The highest BCUT2D eigenvalue weighted by molar-refractivity contribution is 5.67. The summed E-state index contributed by atoms with van der Waals surface area (Å²) in [7, 11) is 0. The Hall–Kier alpha value is -2.34. The van der Waals surface area contributed by atoms with E-state index in [1.165, 1.54) is 12.1 Å². The van der Waals surface area contributed by atoms with Crippen LogP contribution in [0.1, 0.15) is 28.7 Å². The molecule has 1 atom stereocenters. The summed E-state index contributed by atoms with van der Waals surface area (Å²) in [6.07, 6.45) is -3.56. The van der Waals surface area contributed by atoms with E-state index in [2.05, 4.69) is 4.90 Å². The van der Waals surface area contributed by atoms with E-state index < -0.39 is 17.7 Å². The minimum Gasteiger partial charge on any atom is -0.481 e. The maximum Gasteiger partial charge on any atom is 0.416 e. The van der Waals surface area contributed by atoms with Crippen LogP contribution in [0.4, 0.5) is 13.2 Å². The van der Waals surface area contributed by atoms with Gasteiger partial charge in [-0.05, 0) is 41.2 Å². The molecule has 0 radical (unpaired) electrons. The Morgan fingerprint density at radius 1 is 1.08 bits per heavy atom. The fourth-order valence-corrected chi connectivity index (χ4v) is 3.52. The van der Waals surface area contributed by atoms with Crippen LogP contribution in [0.5, 0.6) is 0 Å². The minimum absolute atomic E-state index is 0.0226. The molecule has 1 unspecified atom stereocenters. The van der Waals surface area contributed by atoms with Crippen LogP contribution in [-0.2, 0) is 30.5 Å². The Morgan fingerprint density at radius 3 is 2.35 bits per heavy atom. The Kier molecular flexibility index (Phi) is 5.32. The molecule has 0 saturated carbocycles. The van der Waals surface area contributed by atoms with Crippen LogP contribution >= 0.6 is 0 Å². The third-order valence-electron chi connectivity index (χ3n) is 4.69. The monoisotopic (exact) mass is 363 g/mol. The number of aliphatic carboxylic acids is 1. The minimum atomic E-state index is -4.34. The van der Waals surface area contributed by atoms with Crippen molar-refractivity contribution in [3.63, 3.8) is 0 Å². The zero-order valence-electron chi connectivity index (χ0n) is 14.2. The molecule has 0 fully saturated rings. The van der Waals surface area contributed by atoms with Crippen molar-refractivity contribution in [1.29, 1.82) is 0 Å². The van der Waals surface area contributed by atoms with Gasteiger partial charge in [-0.2, -0.15) is 13.2 Å². The molecule has 1 N–H and O–H groups in total. The number of alkyl halides is 3. The number of carboxylic acid groups (broad SMARTS) is 1. The summed E-state index contributed by atoms with van der Waals surface area (Å²) in [6.45, 7) is 1.75. The first-order valence-corrected chi connectivity index (χ1v) is 8.48. The number of benzene rings is 2. The van der Waals surface area contributed by atoms with Gasteiger partial charge in [-0.15, -0.1) is 0 Å². The second-order valence-corrected chi connectivity index (χ2v) is 6.80. The molecule has 0 aromatic heterocycles. The van der Waals surface area contributed by atoms with E-state index in [0.717, 1.165) is 28.8 Å². The zero-order valence-corrected chi connectivity index (χ0v) is 14.2. The van der Waals surface area contributed by atoms with Crippen molar-refractivity contribution in [2.45, 2.75) is 32.1 Å². The summed E-state index contributed by atoms with van der Waals surface area (Å²) in [5.74, 6) is -0.852. The van der Waals surface area contributed by atoms with E-state index in [-0.39, 0.29) is 12.3 Å². The summed E-state index contributed by atoms with van der Waals surface area (Å²) >= 11 is 0. The average Bonchev–Trinajstić information content (AvgIpc) is 2.72. The summed E-state index contributed by atoms with van der Waals surface area (Å²) < 4.78 is 38.1. The molecule has 0 amide bonds. The SMILES string of the molecule is O=C(O)CC1Cc2ccccc2CN(Cc2ccc(C(F)(F)F)cc2)C1. The maximum atomic E-state index is 12.7. The number of carbonyl (C=O) groups is 1. The first-order chi connectivity index (χ1) is 12.3. The fourth-order valence-electron chi connectivity index (χ4n) is 3.52. The highest BCUT2D eigenvalue weighted by atomic mass is 19.4. The van der Waals surface area contributed by atoms with Gasteiger partial charge in [-0.1, -0.05) is 36.4 Å². The lowest BCUT2D eigenvalue weighted by Crippen LogP contribution is -2.28. The predicted octanol–water partition coefficient (Wildman–Crippen LogP) is 4.35. The first kappa shape index (κ1) is 18.5. The number of rotatable bonds is 4. The zero-order chi connectivity index (χ0) is 18.7. The van der Waals surface area contributed by atoms with E-state index in [4.69, 9.17) is 5.11 Å². The van der Waals surface area contributed by atoms with Gasteiger partial charge in [0.15, 0.2) is 0 Å². The van der Waals surface area contributed by atoms with Crippen LogP contribution in [0.25, 0.3) is 0 Å². The third-order valence-corrected chi connectivity index (χ3v) is 4.69. The van der Waals surface area contributed by atoms with Gasteiger partial charge in [-0.3, -0.25) is 9.69 Å². The van der Waals surface area contributed by atoms with Crippen molar-refractivity contribution in [3.05, 3.63) is 70.8 Å². The second kappa shape index (κ2) is 7.50. The number of halogens is 3. The molecule has 3 rings (SSSR count). The molecule has 2 aromatic rings. The summed E-state index contributed by atoms with van der Waals surface area (Å²) in [5, 5.41) is 9.16. The molecule has 1 aliphatic heterocycles. The van der Waals surface area contributed by atoms with Gasteiger partial charge in [-0.25, -0.2) is 0 Å². The standard InChI is InChI=1S/C20H20F3NO2/c21-20(22,23)18-7-5-14(6-8-18)11-24-12-15(10-19(25)26)9-16-3-1-2-4-17(16)13-24/h1-8,15H,9-13H2,(H,25,26). The van der Waals surface area contributed by atoms with Gasteiger partial charge < -0.3 is 5.11 Å². The van der Waals surface area contributed by atoms with Crippen LogP contribution in [0.15, 0.2) is 48.5 Å². The van der Waals surface area contributed by atoms with Gasteiger partial charge in [0, 0.05) is 26.1 Å². The van der Waals surface area contributed by atoms with E-state index in [1.54, 1.807) is 0 Å². The van der Waals surface area contributed by atoms with Crippen LogP contribution in [0.3, 0.4) is 0 Å². The molecule has 1 heterocycles. The summed E-state index contributed by atoms with van der Waals surface area (Å²) in [4.78, 5) is 13.3. The normalized spacial score (nSPS) is 18.2. The lowest BCUT2D eigenvalue weighted by molar-refractivity contribution is -0.138. The fraction of sp³-hybridized carbons (Fsp3) is 0.350. The van der Waals surface area contributed by atoms with Gasteiger partial charge in [0.05, 0.1) is 5.56 Å². The molecule has 1 aliphatic rings. The van der Waals surface area contributed by atoms with E-state index >= 15 is 0 Å². The van der Waals surface area contributed by atoms with Gasteiger partial charge in [0.1, 0.15) is 0 Å². The van der Waals surface area contributed by atoms with Crippen molar-refractivity contribution in [3.8, 4) is 0 Å². The molecule has 0 aliphatic carbocycles. The molecule has 2 aromatic carbocycles. The molecular formula is C20H20F3NO2. The van der Waals surface area contributed by atoms with Crippen molar-refractivity contribution < 1.29 is 23.1 Å². The topological polar surface area (TPSA) is 40.5 Å². The molecule has 26 heavy (non-hydrogen) atoms. The van der Waals surface area contributed by atoms with Crippen molar-refractivity contribution in [2.24, 2.45) is 5.92 Å². The van der Waals surface area contributed by atoms with Crippen LogP contribution in [0, 0.1) is 5.92 Å². The number of fused-ring (bicyclic) bond motifs is 1. The number of carboxylic acids is 1. The highest BCUT2D eigenvalue weighted by Crippen LogP contribution is 2.30. The summed E-state index contributed by atoms with van der Waals surface area (Å²) in [5.41, 5.74) is 2.42. The smallest absolute Gasteiger partial charge is 0.416 e. The van der Waals surface area contributed by atoms with E-state index in [0.29, 0.717) is 26.1 Å². The first-order valence-electron chi connectivity index (χ1n) is 8.48. The van der Waals surface area contributed by atoms with Crippen molar-refractivity contribution in [2.75, 3.05) is 6.54 Å². The summed E-state index contributed by atoms with van der Waals surface area (Å²) in [6, 6.07) is 13.1. The molecule has 6 heteroatoms. The van der Waals surface area contributed by atoms with Crippen molar-refractivity contribution >= 4 is 5.97 Å². The van der Waals surface area contributed by atoms with Crippen LogP contribution < -0.4 is 0 Å². The lowest BCUT2D eigenvalue weighted by atomic mass is 9.95. The molecule has 0 saturated heterocycles. The van der Waals surface area contributed by atoms with Crippen LogP contribution in [-0.4, -0.2) is 22.5 Å².